The Morgan fingerprint density at radius 3 is 2.19 bits per heavy atom. The third-order valence-electron chi connectivity index (χ3n) is 3.80. The van der Waals surface area contributed by atoms with Gasteiger partial charge in [-0.25, -0.2) is 4.79 Å². The van der Waals surface area contributed by atoms with Crippen LogP contribution in [-0.2, 0) is 6.42 Å². The summed E-state index contributed by atoms with van der Waals surface area (Å²) < 4.78 is 0.745. The fourth-order valence-corrected chi connectivity index (χ4v) is 2.94. The van der Waals surface area contributed by atoms with Gasteiger partial charge < -0.3 is 16.0 Å². The maximum absolute atomic E-state index is 12.4. The van der Waals surface area contributed by atoms with Crippen molar-refractivity contribution in [3.63, 3.8) is 0 Å². The van der Waals surface area contributed by atoms with Crippen LogP contribution in [0.1, 0.15) is 23.0 Å². The number of aromatic amines is 1. The van der Waals surface area contributed by atoms with E-state index in [0.717, 1.165) is 16.6 Å². The highest BCUT2D eigenvalue weighted by Crippen LogP contribution is 2.24. The van der Waals surface area contributed by atoms with Crippen LogP contribution in [0.4, 0.5) is 22.0 Å². The number of carbonyl (C=O) groups excluding carboxylic acids is 2. The molecule has 0 unspecified atom stereocenters. The summed E-state index contributed by atoms with van der Waals surface area (Å²) in [5, 5.41) is 15.1. The van der Waals surface area contributed by atoms with Crippen LogP contribution in [0.2, 0.25) is 0 Å². The second kappa shape index (κ2) is 8.50. The first kappa shape index (κ1) is 18.7. The van der Waals surface area contributed by atoms with E-state index in [1.54, 1.807) is 36.4 Å². The summed E-state index contributed by atoms with van der Waals surface area (Å²) in [6, 6.07) is 15.4. The molecule has 0 aliphatic rings. The zero-order valence-corrected chi connectivity index (χ0v) is 16.1. The number of hydrogen-bond acceptors (Lipinski definition) is 3. The molecular formula is C19H18BrN5O2. The largest absolute Gasteiger partial charge is 0.323 e. The molecule has 3 rings (SSSR count). The lowest BCUT2D eigenvalue weighted by atomic mass is 10.2. The molecule has 3 aromatic rings. The Bertz CT molecular complexity index is 938. The highest BCUT2D eigenvalue weighted by molar-refractivity contribution is 9.10. The van der Waals surface area contributed by atoms with Crippen LogP contribution in [0.5, 0.6) is 0 Å². The molecule has 7 nitrogen and oxygen atoms in total. The number of anilines is 3. The maximum Gasteiger partial charge on any atom is 0.323 e. The van der Waals surface area contributed by atoms with Gasteiger partial charge in [-0.3, -0.25) is 9.89 Å². The van der Waals surface area contributed by atoms with Crippen molar-refractivity contribution in [2.75, 3.05) is 16.0 Å². The molecule has 0 fully saturated rings. The molecule has 0 bridgehead atoms. The van der Waals surface area contributed by atoms with Crippen LogP contribution in [0.25, 0.3) is 0 Å². The van der Waals surface area contributed by atoms with E-state index in [-0.39, 0.29) is 11.9 Å². The van der Waals surface area contributed by atoms with E-state index >= 15 is 0 Å². The monoisotopic (exact) mass is 427 g/mol. The number of nitrogens with zero attached hydrogens (tertiary/aromatic N) is 1. The fourth-order valence-electron chi connectivity index (χ4n) is 2.38. The average molecular weight is 428 g/mol. The molecule has 0 aliphatic carbocycles. The van der Waals surface area contributed by atoms with Gasteiger partial charge in [-0.05, 0) is 58.7 Å². The number of hydrogen-bond donors (Lipinski definition) is 4. The Morgan fingerprint density at radius 1 is 0.963 bits per heavy atom. The zero-order chi connectivity index (χ0) is 19.2. The number of nitrogens with one attached hydrogen (secondary N) is 4. The smallest absolute Gasteiger partial charge is 0.308 e. The first-order valence-electron chi connectivity index (χ1n) is 8.34. The number of amides is 3. The highest BCUT2D eigenvalue weighted by atomic mass is 79.9. The van der Waals surface area contributed by atoms with Crippen molar-refractivity contribution in [2.45, 2.75) is 13.3 Å². The molecule has 0 aliphatic heterocycles. The zero-order valence-electron chi connectivity index (χ0n) is 14.5. The normalized spacial score (nSPS) is 10.3. The fraction of sp³-hybridized carbons (Fsp3) is 0.105. The first-order chi connectivity index (χ1) is 13.1. The van der Waals surface area contributed by atoms with Crippen molar-refractivity contribution in [3.05, 3.63) is 70.3 Å². The second-order valence-corrected chi connectivity index (χ2v) is 6.49. The Morgan fingerprint density at radius 2 is 1.59 bits per heavy atom. The van der Waals surface area contributed by atoms with Crippen LogP contribution in [0.3, 0.4) is 0 Å². The summed E-state index contributed by atoms with van der Waals surface area (Å²) >= 11 is 3.42. The molecule has 0 saturated heterocycles. The number of aromatic nitrogens is 2. The van der Waals surface area contributed by atoms with Crippen molar-refractivity contribution in [1.29, 1.82) is 0 Å². The van der Waals surface area contributed by atoms with E-state index in [1.165, 1.54) is 0 Å². The van der Waals surface area contributed by atoms with Gasteiger partial charge in [-0.15, -0.1) is 0 Å². The van der Waals surface area contributed by atoms with E-state index in [1.807, 2.05) is 25.1 Å². The summed E-state index contributed by atoms with van der Waals surface area (Å²) in [5.41, 5.74) is 2.64. The van der Waals surface area contributed by atoms with Gasteiger partial charge in [0.2, 0.25) is 0 Å². The maximum atomic E-state index is 12.4. The summed E-state index contributed by atoms with van der Waals surface area (Å²) in [5.74, 6) is 0.159. The molecule has 0 atom stereocenters. The van der Waals surface area contributed by atoms with Crippen LogP contribution in [-0.4, -0.2) is 22.1 Å². The van der Waals surface area contributed by atoms with Gasteiger partial charge in [0.25, 0.3) is 5.91 Å². The lowest BCUT2D eigenvalue weighted by Crippen LogP contribution is -2.19. The molecule has 27 heavy (non-hydrogen) atoms. The quantitative estimate of drug-likeness (QED) is 0.477. The molecule has 0 spiro atoms. The van der Waals surface area contributed by atoms with Crippen molar-refractivity contribution in [2.24, 2.45) is 0 Å². The summed E-state index contributed by atoms with van der Waals surface area (Å²) in [7, 11) is 0. The lowest BCUT2D eigenvalue weighted by Gasteiger charge is -2.08. The molecule has 3 amide bonds. The van der Waals surface area contributed by atoms with Gasteiger partial charge >= 0.3 is 6.03 Å². The predicted octanol–water partition coefficient (Wildman–Crippen LogP) is 4.63. The van der Waals surface area contributed by atoms with Crippen molar-refractivity contribution < 1.29 is 9.59 Å². The first-order valence-corrected chi connectivity index (χ1v) is 9.13. The summed E-state index contributed by atoms with van der Waals surface area (Å²) in [6.07, 6.45) is 0.773. The lowest BCUT2D eigenvalue weighted by molar-refractivity contribution is 0.102. The van der Waals surface area contributed by atoms with Gasteiger partial charge in [0, 0.05) is 16.9 Å². The number of benzene rings is 2. The number of para-hydroxylation sites is 1. The molecular weight excluding hydrogens is 410 g/mol. The SMILES string of the molecule is CCc1[nH]nc(NC(=O)c2ccc(NC(=O)Nc3ccccc3)cc2)c1Br. The Hall–Kier alpha value is -3.13. The third-order valence-corrected chi connectivity index (χ3v) is 4.65. The van der Waals surface area contributed by atoms with Crippen LogP contribution < -0.4 is 16.0 Å². The van der Waals surface area contributed by atoms with E-state index in [0.29, 0.717) is 22.8 Å². The molecule has 1 aromatic heterocycles. The molecule has 8 heteroatoms. The Balaban J connectivity index is 1.60. The van der Waals surface area contributed by atoms with E-state index in [4.69, 9.17) is 0 Å². The van der Waals surface area contributed by atoms with Crippen LogP contribution in [0, 0.1) is 0 Å². The standard InChI is InChI=1S/C19H18BrN5O2/c1-2-15-16(20)17(25-24-15)23-18(26)12-8-10-14(11-9-12)22-19(27)21-13-6-4-3-5-7-13/h3-11H,2H2,1H3,(H2,21,22,27)(H2,23,24,25,26). The minimum atomic E-state index is -0.356. The van der Waals surface area contributed by atoms with Gasteiger partial charge in [0.05, 0.1) is 10.2 Å². The number of aryl methyl sites for hydroxylation is 1. The van der Waals surface area contributed by atoms with Gasteiger partial charge in [-0.2, -0.15) is 5.10 Å². The van der Waals surface area contributed by atoms with E-state index in [2.05, 4.69) is 42.1 Å². The summed E-state index contributed by atoms with van der Waals surface area (Å²) in [4.78, 5) is 24.3. The number of H-pyrrole nitrogens is 1. The molecule has 4 N–H and O–H groups in total. The average Bonchev–Trinajstić information content (AvgIpc) is 3.02. The molecule has 1 heterocycles. The highest BCUT2D eigenvalue weighted by Gasteiger charge is 2.13. The Kier molecular flexibility index (Phi) is 5.87. The summed E-state index contributed by atoms with van der Waals surface area (Å²) in [6.45, 7) is 1.99. The van der Waals surface area contributed by atoms with Crippen molar-refractivity contribution in [3.8, 4) is 0 Å². The van der Waals surface area contributed by atoms with Crippen LogP contribution in [0.15, 0.2) is 59.1 Å². The van der Waals surface area contributed by atoms with Gasteiger partial charge in [0.1, 0.15) is 0 Å². The van der Waals surface area contributed by atoms with Crippen LogP contribution >= 0.6 is 15.9 Å². The molecule has 138 valence electrons. The number of halogens is 1. The minimum Gasteiger partial charge on any atom is -0.308 e. The van der Waals surface area contributed by atoms with E-state index in [9.17, 15) is 9.59 Å². The topological polar surface area (TPSA) is 98.9 Å². The van der Waals surface area contributed by atoms with Crippen molar-refractivity contribution in [1.82, 2.24) is 10.2 Å². The second-order valence-electron chi connectivity index (χ2n) is 5.69. The molecule has 0 saturated carbocycles. The van der Waals surface area contributed by atoms with Gasteiger partial charge in [0.15, 0.2) is 5.82 Å². The van der Waals surface area contributed by atoms with E-state index < -0.39 is 0 Å². The molecule has 0 radical (unpaired) electrons. The van der Waals surface area contributed by atoms with Gasteiger partial charge in [-0.1, -0.05) is 25.1 Å². The third kappa shape index (κ3) is 4.73. The minimum absolute atomic E-state index is 0.287. The predicted molar refractivity (Wildman–Crippen MR) is 109 cm³/mol. The number of carbonyl (C=O) groups is 2. The number of urea groups is 1. The number of rotatable bonds is 5. The van der Waals surface area contributed by atoms with Crippen molar-refractivity contribution >= 4 is 45.1 Å². The Labute approximate surface area is 164 Å². The molecule has 2 aromatic carbocycles.